The van der Waals surface area contributed by atoms with Gasteiger partial charge in [-0.1, -0.05) is 36.4 Å². The Balaban J connectivity index is 1.98. The van der Waals surface area contributed by atoms with Crippen LogP contribution in [0, 0.1) is 6.92 Å². The van der Waals surface area contributed by atoms with Crippen LogP contribution in [0.15, 0.2) is 60.7 Å². The summed E-state index contributed by atoms with van der Waals surface area (Å²) in [5.41, 5.74) is 2.63. The molecule has 1 unspecified atom stereocenters. The van der Waals surface area contributed by atoms with Crippen LogP contribution in [0.3, 0.4) is 0 Å². The zero-order chi connectivity index (χ0) is 17.1. The summed E-state index contributed by atoms with van der Waals surface area (Å²) < 4.78 is 6.07. The first kappa shape index (κ1) is 15.8. The number of nitrogens with zero attached hydrogens (tertiary/aromatic N) is 1. The van der Waals surface area contributed by atoms with Gasteiger partial charge in [-0.05, 0) is 30.2 Å². The van der Waals surface area contributed by atoms with E-state index in [1.54, 1.807) is 4.90 Å². The summed E-state index contributed by atoms with van der Waals surface area (Å²) in [4.78, 5) is 24.7. The molecule has 0 aromatic heterocycles. The minimum Gasteiger partial charge on any atom is -0.482 e. The van der Waals surface area contributed by atoms with Gasteiger partial charge in [0.1, 0.15) is 11.9 Å². The van der Waals surface area contributed by atoms with Crippen molar-refractivity contribution in [2.75, 3.05) is 11.4 Å². The second-order valence-electron chi connectivity index (χ2n) is 5.61. The van der Waals surface area contributed by atoms with Gasteiger partial charge in [0.25, 0.3) is 5.91 Å². The molecule has 1 amide bonds. The minimum atomic E-state index is -1.15. The van der Waals surface area contributed by atoms with Crippen molar-refractivity contribution >= 4 is 17.6 Å². The number of carboxylic acid groups (broad SMARTS) is 1. The van der Waals surface area contributed by atoms with Crippen LogP contribution in [0.5, 0.6) is 5.75 Å². The molecule has 1 N–H and O–H groups in total. The van der Waals surface area contributed by atoms with E-state index < -0.39 is 5.97 Å². The fourth-order valence-corrected chi connectivity index (χ4v) is 2.68. The van der Waals surface area contributed by atoms with Crippen molar-refractivity contribution in [3.8, 4) is 5.75 Å². The molecule has 1 atom stereocenters. The summed E-state index contributed by atoms with van der Waals surface area (Å²) in [5.74, 6) is -0.917. The quantitative estimate of drug-likeness (QED) is 0.882. The van der Waals surface area contributed by atoms with Crippen molar-refractivity contribution in [1.29, 1.82) is 0 Å². The predicted octanol–water partition coefficient (Wildman–Crippen LogP) is 3.10. The molecule has 0 spiro atoms. The van der Waals surface area contributed by atoms with E-state index in [1.165, 1.54) is 0 Å². The molecule has 0 saturated carbocycles. The topological polar surface area (TPSA) is 66.8 Å². The van der Waals surface area contributed by atoms with E-state index in [0.29, 0.717) is 18.0 Å². The average Bonchev–Trinajstić information content (AvgIpc) is 2.59. The number of carbonyl (C=O) groups excluding carboxylic acids is 1. The van der Waals surface area contributed by atoms with Gasteiger partial charge in [0.15, 0.2) is 0 Å². The van der Waals surface area contributed by atoms with Gasteiger partial charge in [-0.3, -0.25) is 4.79 Å². The highest BCUT2D eigenvalue weighted by molar-refractivity contribution is 6.05. The molecule has 0 bridgehead atoms. The third-order valence-electron chi connectivity index (χ3n) is 3.83. The zero-order valence-corrected chi connectivity index (χ0v) is 13.2. The molecule has 24 heavy (non-hydrogen) atoms. The fraction of sp³-hybridized carbons (Fsp3) is 0.158. The summed E-state index contributed by atoms with van der Waals surface area (Å²) in [7, 11) is 0. The molecule has 0 radical (unpaired) electrons. The van der Waals surface area contributed by atoms with Crippen molar-refractivity contribution in [1.82, 2.24) is 0 Å². The first-order valence-electron chi connectivity index (χ1n) is 7.59. The first-order chi connectivity index (χ1) is 11.5. The minimum absolute atomic E-state index is 0.303. The number of hydrogen-bond acceptors (Lipinski definition) is 3. The van der Waals surface area contributed by atoms with Gasteiger partial charge < -0.3 is 14.7 Å². The Bertz CT molecular complexity index is 798. The van der Waals surface area contributed by atoms with Gasteiger partial charge in [0.05, 0.1) is 12.2 Å². The van der Waals surface area contributed by atoms with Gasteiger partial charge in [0.2, 0.25) is 0 Å². The lowest BCUT2D eigenvalue weighted by molar-refractivity contribution is -0.131. The van der Waals surface area contributed by atoms with Crippen molar-refractivity contribution < 1.29 is 19.4 Å². The number of benzene rings is 2. The van der Waals surface area contributed by atoms with Gasteiger partial charge >= 0.3 is 5.97 Å². The van der Waals surface area contributed by atoms with E-state index in [1.807, 2.05) is 55.5 Å². The number of fused-ring (bicyclic) bond motifs is 1. The van der Waals surface area contributed by atoms with Crippen LogP contribution in [-0.2, 0) is 9.59 Å². The van der Waals surface area contributed by atoms with Crippen molar-refractivity contribution in [2.45, 2.75) is 13.0 Å². The summed E-state index contributed by atoms with van der Waals surface area (Å²) in [6.45, 7) is 2.27. The Labute approximate surface area is 139 Å². The van der Waals surface area contributed by atoms with Crippen LogP contribution in [0.1, 0.15) is 17.2 Å². The lowest BCUT2D eigenvalue weighted by Crippen LogP contribution is -2.39. The number of carbonyl (C=O) groups is 2. The maximum Gasteiger partial charge on any atom is 0.328 e. The first-order valence-corrected chi connectivity index (χ1v) is 7.59. The molecule has 1 aliphatic rings. The summed E-state index contributed by atoms with van der Waals surface area (Å²) in [6.07, 6.45) is 1.62. The van der Waals surface area contributed by atoms with Crippen molar-refractivity contribution in [3.63, 3.8) is 0 Å². The largest absolute Gasteiger partial charge is 0.482 e. The highest BCUT2D eigenvalue weighted by Gasteiger charge is 2.29. The molecule has 1 heterocycles. The number of hydrogen-bond donors (Lipinski definition) is 1. The number of aliphatic carboxylic acids is 1. The molecule has 122 valence electrons. The molecule has 2 aromatic carbocycles. The maximum atomic E-state index is 12.4. The molecule has 0 aliphatic carbocycles. The average molecular weight is 323 g/mol. The number of ether oxygens (including phenoxy) is 1. The molecule has 1 aliphatic heterocycles. The maximum absolute atomic E-state index is 12.4. The molecular weight excluding hydrogens is 306 g/mol. The van der Waals surface area contributed by atoms with E-state index in [0.717, 1.165) is 23.3 Å². The second kappa shape index (κ2) is 6.58. The fourth-order valence-electron chi connectivity index (χ4n) is 2.68. The third-order valence-corrected chi connectivity index (χ3v) is 3.83. The molecule has 0 saturated heterocycles. The molecule has 5 heteroatoms. The lowest BCUT2D eigenvalue weighted by atomic mass is 10.1. The van der Waals surface area contributed by atoms with E-state index in [9.17, 15) is 9.59 Å². The van der Waals surface area contributed by atoms with Gasteiger partial charge in [-0.2, -0.15) is 0 Å². The van der Waals surface area contributed by atoms with Crippen LogP contribution in [0.4, 0.5) is 5.69 Å². The lowest BCUT2D eigenvalue weighted by Gasteiger charge is -2.34. The predicted molar refractivity (Wildman–Crippen MR) is 90.1 cm³/mol. The Morgan fingerprint density at radius 2 is 1.92 bits per heavy atom. The van der Waals surface area contributed by atoms with E-state index >= 15 is 0 Å². The van der Waals surface area contributed by atoms with Crippen LogP contribution in [0.2, 0.25) is 0 Å². The second-order valence-corrected chi connectivity index (χ2v) is 5.61. The Morgan fingerprint density at radius 3 is 2.62 bits per heavy atom. The molecule has 3 rings (SSSR count). The van der Waals surface area contributed by atoms with Gasteiger partial charge in [0, 0.05) is 12.2 Å². The molecular formula is C19H17NO4. The highest BCUT2D eigenvalue weighted by Crippen LogP contribution is 2.38. The van der Waals surface area contributed by atoms with Crippen LogP contribution >= 0.6 is 0 Å². The number of rotatable bonds is 3. The summed E-state index contributed by atoms with van der Waals surface area (Å²) in [6, 6.07) is 15.2. The van der Waals surface area contributed by atoms with Crippen LogP contribution < -0.4 is 9.64 Å². The number of aryl methyl sites for hydroxylation is 1. The van der Waals surface area contributed by atoms with Crippen LogP contribution in [0.25, 0.3) is 0 Å². The zero-order valence-electron chi connectivity index (χ0n) is 13.2. The summed E-state index contributed by atoms with van der Waals surface area (Å²) in [5, 5.41) is 8.74. The standard InChI is InChI=1S/C19H17NO4/c1-13-7-8-15-16(11-13)24-17(14-5-3-2-4-6-14)12-20(15)18(21)9-10-19(22)23/h2-11,17H,12H2,1H3,(H,22,23). The molecule has 0 fully saturated rings. The normalized spacial score (nSPS) is 16.5. The van der Waals surface area contributed by atoms with E-state index in [4.69, 9.17) is 9.84 Å². The monoisotopic (exact) mass is 323 g/mol. The smallest absolute Gasteiger partial charge is 0.328 e. The van der Waals surface area contributed by atoms with Crippen molar-refractivity contribution in [3.05, 3.63) is 71.8 Å². The Kier molecular flexibility index (Phi) is 4.33. The number of carboxylic acids is 1. The summed E-state index contributed by atoms with van der Waals surface area (Å²) >= 11 is 0. The SMILES string of the molecule is Cc1ccc2c(c1)OC(c1ccccc1)CN2C(=O)C=CC(=O)O. The van der Waals surface area contributed by atoms with E-state index in [-0.39, 0.29) is 12.0 Å². The molecule has 2 aromatic rings. The third kappa shape index (κ3) is 3.30. The number of amides is 1. The van der Waals surface area contributed by atoms with Gasteiger partial charge in [-0.15, -0.1) is 0 Å². The van der Waals surface area contributed by atoms with Crippen molar-refractivity contribution in [2.24, 2.45) is 0 Å². The van der Waals surface area contributed by atoms with Crippen LogP contribution in [-0.4, -0.2) is 23.5 Å². The van der Waals surface area contributed by atoms with Gasteiger partial charge in [-0.25, -0.2) is 4.79 Å². The highest BCUT2D eigenvalue weighted by atomic mass is 16.5. The number of anilines is 1. The van der Waals surface area contributed by atoms with E-state index in [2.05, 4.69) is 0 Å². The Morgan fingerprint density at radius 1 is 1.17 bits per heavy atom. The molecule has 5 nitrogen and oxygen atoms in total. The Hall–Kier alpha value is -3.08.